The van der Waals surface area contributed by atoms with Crippen molar-refractivity contribution in [3.8, 4) is 0 Å². The molecule has 0 radical (unpaired) electrons. The Bertz CT molecular complexity index is 339. The highest BCUT2D eigenvalue weighted by molar-refractivity contribution is 7.98. The quantitative estimate of drug-likeness (QED) is 0.816. The first-order chi connectivity index (χ1) is 8.88. The Balaban J connectivity index is 0.00000180. The normalized spacial score (nSPS) is 19.9. The van der Waals surface area contributed by atoms with Crippen molar-refractivity contribution in [1.29, 1.82) is 0 Å². The molecule has 0 aromatic heterocycles. The second-order valence-corrected chi connectivity index (χ2v) is 5.67. The third-order valence-corrected chi connectivity index (χ3v) is 4.16. The molecule has 1 unspecified atom stereocenters. The Hall–Kier alpha value is -0.260. The summed E-state index contributed by atoms with van der Waals surface area (Å²) in [6.45, 7) is 4.63. The van der Waals surface area contributed by atoms with Crippen LogP contribution in [0.25, 0.3) is 0 Å². The van der Waals surface area contributed by atoms with Crippen LogP contribution in [0.1, 0.15) is 5.56 Å². The van der Waals surface area contributed by atoms with E-state index in [4.69, 9.17) is 10.5 Å². The van der Waals surface area contributed by atoms with Gasteiger partial charge in [0.15, 0.2) is 0 Å². The number of nitrogens with zero attached hydrogens (tertiary/aromatic N) is 1. The third kappa shape index (κ3) is 6.15. The van der Waals surface area contributed by atoms with Gasteiger partial charge < -0.3 is 10.5 Å². The van der Waals surface area contributed by atoms with Gasteiger partial charge in [-0.05, 0) is 5.56 Å². The summed E-state index contributed by atoms with van der Waals surface area (Å²) in [6, 6.07) is 10.6. The molecule has 5 heteroatoms. The average Bonchev–Trinajstić information content (AvgIpc) is 2.45. The number of hydrogen-bond donors (Lipinski definition) is 1. The first-order valence-corrected chi connectivity index (χ1v) is 7.69. The predicted molar refractivity (Wildman–Crippen MR) is 85.1 cm³/mol. The van der Waals surface area contributed by atoms with Crippen LogP contribution in [0.15, 0.2) is 30.3 Å². The van der Waals surface area contributed by atoms with Gasteiger partial charge in [0.1, 0.15) is 0 Å². The van der Waals surface area contributed by atoms with Crippen LogP contribution in [-0.4, -0.2) is 49.5 Å². The van der Waals surface area contributed by atoms with Gasteiger partial charge >= 0.3 is 0 Å². The smallest absolute Gasteiger partial charge is 0.0824 e. The third-order valence-electron chi connectivity index (χ3n) is 3.15. The van der Waals surface area contributed by atoms with Crippen LogP contribution < -0.4 is 5.73 Å². The van der Waals surface area contributed by atoms with E-state index < -0.39 is 0 Å². The van der Waals surface area contributed by atoms with Crippen molar-refractivity contribution in [1.82, 2.24) is 4.90 Å². The second kappa shape index (κ2) is 9.61. The van der Waals surface area contributed by atoms with Crippen molar-refractivity contribution >= 4 is 24.2 Å². The Morgan fingerprint density at radius 2 is 2.11 bits per heavy atom. The number of halogens is 1. The zero-order valence-electron chi connectivity index (χ0n) is 11.2. The van der Waals surface area contributed by atoms with Gasteiger partial charge in [-0.25, -0.2) is 0 Å². The predicted octanol–water partition coefficient (Wildman–Crippen LogP) is 2.00. The van der Waals surface area contributed by atoms with Crippen molar-refractivity contribution in [2.45, 2.75) is 11.9 Å². The molecule has 19 heavy (non-hydrogen) atoms. The molecule has 2 rings (SSSR count). The maximum absolute atomic E-state index is 5.64. The number of morpholine rings is 1. The van der Waals surface area contributed by atoms with Crippen molar-refractivity contribution in [2.75, 3.05) is 38.5 Å². The summed E-state index contributed by atoms with van der Waals surface area (Å²) in [5, 5.41) is 0. The van der Waals surface area contributed by atoms with E-state index in [2.05, 4.69) is 35.2 Å². The Kier molecular flexibility index (Phi) is 8.50. The maximum Gasteiger partial charge on any atom is 0.0824 e. The summed E-state index contributed by atoms with van der Waals surface area (Å²) in [7, 11) is 0. The van der Waals surface area contributed by atoms with Crippen molar-refractivity contribution in [3.63, 3.8) is 0 Å². The molecule has 0 aliphatic carbocycles. The lowest BCUT2D eigenvalue weighted by molar-refractivity contribution is -0.0208. The number of hydrogen-bond acceptors (Lipinski definition) is 4. The summed E-state index contributed by atoms with van der Waals surface area (Å²) in [5.74, 6) is 2.28. The minimum atomic E-state index is 0. The zero-order valence-corrected chi connectivity index (χ0v) is 12.8. The van der Waals surface area contributed by atoms with Crippen LogP contribution in [0.2, 0.25) is 0 Å². The first-order valence-electron chi connectivity index (χ1n) is 6.54. The van der Waals surface area contributed by atoms with E-state index in [9.17, 15) is 0 Å². The molecule has 2 N–H and O–H groups in total. The molecule has 0 bridgehead atoms. The molecule has 1 heterocycles. The van der Waals surface area contributed by atoms with Gasteiger partial charge in [-0.15, -0.1) is 12.4 Å². The van der Waals surface area contributed by atoms with E-state index in [1.807, 2.05) is 11.8 Å². The molecule has 1 aromatic carbocycles. The number of thioether (sulfide) groups is 1. The van der Waals surface area contributed by atoms with Gasteiger partial charge in [-0.3, -0.25) is 4.90 Å². The number of ether oxygens (including phenoxy) is 1. The van der Waals surface area contributed by atoms with E-state index in [0.29, 0.717) is 6.54 Å². The molecule has 1 aliphatic rings. The molecular weight excluding hydrogens is 280 g/mol. The molecule has 1 aliphatic heterocycles. The summed E-state index contributed by atoms with van der Waals surface area (Å²) in [6.07, 6.45) is 0.234. The standard InChI is InChI=1S/C14H22N2OS.ClH/c15-10-14-11-16(6-8-17-14)7-9-18-12-13-4-2-1-3-5-13;/h1-5,14H,6-12,15H2;1H. The lowest BCUT2D eigenvalue weighted by atomic mass is 10.2. The van der Waals surface area contributed by atoms with Crippen LogP contribution in [0, 0.1) is 0 Å². The number of benzene rings is 1. The second-order valence-electron chi connectivity index (χ2n) is 4.57. The highest BCUT2D eigenvalue weighted by Gasteiger charge is 2.18. The topological polar surface area (TPSA) is 38.5 Å². The number of rotatable bonds is 6. The van der Waals surface area contributed by atoms with Crippen LogP contribution in [0.4, 0.5) is 0 Å². The largest absolute Gasteiger partial charge is 0.374 e. The molecular formula is C14H23ClN2OS. The van der Waals surface area contributed by atoms with Crippen LogP contribution in [0.5, 0.6) is 0 Å². The van der Waals surface area contributed by atoms with Gasteiger partial charge in [-0.1, -0.05) is 30.3 Å². The summed E-state index contributed by atoms with van der Waals surface area (Å²) in [4.78, 5) is 2.46. The van der Waals surface area contributed by atoms with E-state index in [1.54, 1.807) is 0 Å². The highest BCUT2D eigenvalue weighted by Crippen LogP contribution is 2.12. The molecule has 1 saturated heterocycles. The van der Waals surface area contributed by atoms with Gasteiger partial charge in [0, 0.05) is 37.7 Å². The molecule has 0 spiro atoms. The fraction of sp³-hybridized carbons (Fsp3) is 0.571. The lowest BCUT2D eigenvalue weighted by Gasteiger charge is -2.32. The highest BCUT2D eigenvalue weighted by atomic mass is 35.5. The zero-order chi connectivity index (χ0) is 12.6. The molecule has 1 atom stereocenters. The Morgan fingerprint density at radius 1 is 1.32 bits per heavy atom. The minimum Gasteiger partial charge on any atom is -0.374 e. The van der Waals surface area contributed by atoms with Crippen LogP contribution in [-0.2, 0) is 10.5 Å². The average molecular weight is 303 g/mol. The monoisotopic (exact) mass is 302 g/mol. The fourth-order valence-electron chi connectivity index (χ4n) is 2.08. The molecule has 1 fully saturated rings. The van der Waals surface area contributed by atoms with Gasteiger partial charge in [-0.2, -0.15) is 11.8 Å². The lowest BCUT2D eigenvalue weighted by Crippen LogP contribution is -2.46. The van der Waals surface area contributed by atoms with Gasteiger partial charge in [0.05, 0.1) is 12.7 Å². The van der Waals surface area contributed by atoms with E-state index in [-0.39, 0.29) is 18.5 Å². The fourth-order valence-corrected chi connectivity index (χ4v) is 3.04. The molecule has 0 saturated carbocycles. The molecule has 0 amide bonds. The van der Waals surface area contributed by atoms with Crippen LogP contribution in [0.3, 0.4) is 0 Å². The van der Waals surface area contributed by atoms with E-state index in [0.717, 1.165) is 32.0 Å². The SMILES string of the molecule is Cl.NCC1CN(CCSCc2ccccc2)CCO1. The van der Waals surface area contributed by atoms with Crippen molar-refractivity contribution in [3.05, 3.63) is 35.9 Å². The molecule has 1 aromatic rings. The van der Waals surface area contributed by atoms with Crippen molar-refractivity contribution in [2.24, 2.45) is 5.73 Å². The van der Waals surface area contributed by atoms with Crippen molar-refractivity contribution < 1.29 is 4.74 Å². The minimum absolute atomic E-state index is 0. The Labute approximate surface area is 126 Å². The maximum atomic E-state index is 5.64. The number of nitrogens with two attached hydrogens (primary N) is 1. The molecule has 108 valence electrons. The van der Waals surface area contributed by atoms with E-state index >= 15 is 0 Å². The van der Waals surface area contributed by atoms with Crippen LogP contribution >= 0.6 is 24.2 Å². The van der Waals surface area contributed by atoms with Gasteiger partial charge in [0.25, 0.3) is 0 Å². The summed E-state index contributed by atoms with van der Waals surface area (Å²) < 4.78 is 5.56. The van der Waals surface area contributed by atoms with Gasteiger partial charge in [0.2, 0.25) is 0 Å². The Morgan fingerprint density at radius 3 is 2.84 bits per heavy atom. The van der Waals surface area contributed by atoms with E-state index in [1.165, 1.54) is 11.3 Å². The molecule has 3 nitrogen and oxygen atoms in total. The summed E-state index contributed by atoms with van der Waals surface area (Å²) >= 11 is 2.00. The first kappa shape index (κ1) is 16.8. The summed E-state index contributed by atoms with van der Waals surface area (Å²) in [5.41, 5.74) is 7.05.